The van der Waals surface area contributed by atoms with Crippen LogP contribution in [0.2, 0.25) is 0 Å². The van der Waals surface area contributed by atoms with Gasteiger partial charge in [0.2, 0.25) is 0 Å². The monoisotopic (exact) mass is 588 g/mol. The fraction of sp³-hybridized carbons (Fsp3) is 0.667. The van der Waals surface area contributed by atoms with Crippen LogP contribution in [0.5, 0.6) is 11.5 Å². The zero-order valence-corrected chi connectivity index (χ0v) is 30.6. The van der Waals surface area contributed by atoms with Gasteiger partial charge in [0, 0.05) is 22.3 Å². The highest BCUT2D eigenvalue weighted by Gasteiger charge is 2.35. The maximum Gasteiger partial charge on any atom is 0.401 e. The maximum atomic E-state index is 7.12. The molecule has 0 atom stereocenters. The number of hydrogen-bond donors (Lipinski definition) is 0. The van der Waals surface area contributed by atoms with Crippen LogP contribution in [0.1, 0.15) is 158 Å². The summed E-state index contributed by atoms with van der Waals surface area (Å²) in [5.74, 6) is 1.71. The van der Waals surface area contributed by atoms with Crippen LogP contribution in [0.15, 0.2) is 24.3 Å². The molecule has 0 fully saturated rings. The van der Waals surface area contributed by atoms with Crippen LogP contribution in [0, 0.1) is 0 Å². The van der Waals surface area contributed by atoms with Gasteiger partial charge >= 0.3 is 7.73 Å². The van der Waals surface area contributed by atoms with E-state index in [4.69, 9.17) is 20.3 Å². The molecule has 0 unspecified atom stereocenters. The zero-order valence-electron chi connectivity index (χ0n) is 29.0. The van der Waals surface area contributed by atoms with Crippen LogP contribution in [-0.2, 0) is 32.5 Å². The summed E-state index contributed by atoms with van der Waals surface area (Å²) in [5, 5.41) is 0. The first kappa shape index (κ1) is 35.0. The molecule has 0 saturated heterocycles. The van der Waals surface area contributed by atoms with E-state index in [0.29, 0.717) is 0 Å². The first-order valence-electron chi connectivity index (χ1n) is 14.8. The topological polar surface area (TPSA) is 18.5 Å². The smallest absolute Gasteiger partial charge is 0.401 e. The van der Waals surface area contributed by atoms with Crippen molar-refractivity contribution in [1.82, 2.24) is 0 Å². The predicted molar refractivity (Wildman–Crippen MR) is 179 cm³/mol. The quantitative estimate of drug-likeness (QED) is 0.331. The highest BCUT2D eigenvalue weighted by Crippen LogP contribution is 2.54. The fourth-order valence-corrected chi connectivity index (χ4v) is 5.84. The molecule has 0 spiro atoms. The molecule has 0 bridgehead atoms. The van der Waals surface area contributed by atoms with E-state index in [9.17, 15) is 0 Å². The van der Waals surface area contributed by atoms with Gasteiger partial charge in [-0.25, -0.2) is 0 Å². The molecule has 0 N–H and O–H groups in total. The Morgan fingerprint density at radius 2 is 0.600 bits per heavy atom. The summed E-state index contributed by atoms with van der Waals surface area (Å²) in [6, 6.07) is 9.24. The molecule has 0 aliphatic heterocycles. The Hall–Kier alpha value is -1.24. The molecule has 0 aliphatic rings. The summed E-state index contributed by atoms with van der Waals surface area (Å²) in [5.41, 5.74) is 6.75. The van der Waals surface area contributed by atoms with Crippen molar-refractivity contribution in [2.45, 2.75) is 157 Å². The predicted octanol–water partition coefficient (Wildman–Crippen LogP) is 12.4. The minimum absolute atomic E-state index is 0.0126. The molecule has 2 nitrogen and oxygen atoms in total. The maximum absolute atomic E-state index is 7.12. The molecule has 2 rings (SSSR count). The zero-order chi connectivity index (χ0) is 31.4. The lowest BCUT2D eigenvalue weighted by Crippen LogP contribution is -2.23. The van der Waals surface area contributed by atoms with Crippen LogP contribution in [0.3, 0.4) is 0 Å². The minimum atomic E-state index is -1.79. The van der Waals surface area contributed by atoms with E-state index in [1.807, 2.05) is 0 Å². The first-order valence-corrected chi connectivity index (χ1v) is 16.8. The summed E-state index contributed by atoms with van der Waals surface area (Å²) in [6.45, 7) is 40.5. The molecule has 0 amide bonds. The Morgan fingerprint density at radius 3 is 0.750 bits per heavy atom. The molecule has 2 aromatic carbocycles. The van der Waals surface area contributed by atoms with Gasteiger partial charge in [-0.1, -0.05) is 149 Å². The van der Waals surface area contributed by atoms with Gasteiger partial charge in [-0.05, 0) is 54.9 Å². The summed E-state index contributed by atoms with van der Waals surface area (Å²) >= 11 is 7.12. The molecule has 0 aromatic heterocycles. The normalized spacial score (nSPS) is 14.1. The van der Waals surface area contributed by atoms with E-state index in [2.05, 4.69) is 149 Å². The van der Waals surface area contributed by atoms with Crippen LogP contribution in [-0.4, -0.2) is 0 Å². The largest absolute Gasteiger partial charge is 0.427 e. The summed E-state index contributed by atoms with van der Waals surface area (Å²) in [4.78, 5) is 0. The number of halogens is 1. The van der Waals surface area contributed by atoms with Crippen molar-refractivity contribution in [3.8, 4) is 11.5 Å². The molecule has 226 valence electrons. The van der Waals surface area contributed by atoms with E-state index in [0.717, 1.165) is 33.8 Å². The number of benzene rings is 2. The van der Waals surface area contributed by atoms with Crippen LogP contribution >= 0.6 is 19.0 Å². The number of hydrogen-bond acceptors (Lipinski definition) is 2. The highest BCUT2D eigenvalue weighted by molar-refractivity contribution is 7.76. The van der Waals surface area contributed by atoms with Crippen molar-refractivity contribution in [3.05, 3.63) is 57.6 Å². The lowest BCUT2D eigenvalue weighted by molar-refractivity contribution is 0.444. The summed E-state index contributed by atoms with van der Waals surface area (Å²) in [7, 11) is -1.79. The van der Waals surface area contributed by atoms with Gasteiger partial charge < -0.3 is 9.05 Å². The van der Waals surface area contributed by atoms with E-state index < -0.39 is 7.73 Å². The Kier molecular flexibility index (Phi) is 9.71. The van der Waals surface area contributed by atoms with Gasteiger partial charge in [0.1, 0.15) is 11.5 Å². The van der Waals surface area contributed by atoms with Crippen LogP contribution < -0.4 is 9.05 Å². The third kappa shape index (κ3) is 8.41. The van der Waals surface area contributed by atoms with Crippen LogP contribution in [0.4, 0.5) is 0 Å². The van der Waals surface area contributed by atoms with E-state index >= 15 is 0 Å². The lowest BCUT2D eigenvalue weighted by Gasteiger charge is -2.35. The standard InChI is InChI=1S/C36H58ClO2P/c1-31(2,3)23-19-25(33(7,8)9)29(26(20-23)34(10,11)12)38-40(37)39-30-27(35(13,14)15)21-24(32(4,5)6)22-28(30)36(16,17)18/h19-22H,1-18H3. The SMILES string of the molecule is CC(C)(C)c1cc(C(C)(C)C)c(OP(Cl)Oc2c(C(C)(C)C)cc(C(C)(C)C)cc2C(C)(C)C)c(C(C)(C)C)c1. The van der Waals surface area contributed by atoms with Gasteiger partial charge in [-0.3, -0.25) is 0 Å². The lowest BCUT2D eigenvalue weighted by atomic mass is 9.75. The van der Waals surface area contributed by atoms with Crippen molar-refractivity contribution < 1.29 is 9.05 Å². The second kappa shape index (κ2) is 11.1. The summed E-state index contributed by atoms with van der Waals surface area (Å²) in [6.07, 6.45) is 0. The minimum Gasteiger partial charge on any atom is -0.427 e. The average molecular weight is 589 g/mol. The second-order valence-electron chi connectivity index (χ2n) is 17.7. The third-order valence-electron chi connectivity index (χ3n) is 7.47. The molecule has 4 heteroatoms. The fourth-order valence-electron chi connectivity index (χ4n) is 4.71. The molecule has 40 heavy (non-hydrogen) atoms. The van der Waals surface area contributed by atoms with E-state index in [1.165, 1.54) is 11.1 Å². The van der Waals surface area contributed by atoms with Crippen molar-refractivity contribution in [2.24, 2.45) is 0 Å². The van der Waals surface area contributed by atoms with Crippen LogP contribution in [0.25, 0.3) is 0 Å². The number of rotatable bonds is 4. The molecule has 0 heterocycles. The summed E-state index contributed by atoms with van der Waals surface area (Å²) < 4.78 is 13.5. The van der Waals surface area contributed by atoms with E-state index in [-0.39, 0.29) is 32.5 Å². The highest BCUT2D eigenvalue weighted by atomic mass is 35.7. The Bertz CT molecular complexity index is 1030. The van der Waals surface area contributed by atoms with Crippen molar-refractivity contribution in [1.29, 1.82) is 0 Å². The van der Waals surface area contributed by atoms with Crippen molar-refractivity contribution in [2.75, 3.05) is 0 Å². The Labute approximate surface area is 253 Å². The molecule has 0 aliphatic carbocycles. The van der Waals surface area contributed by atoms with Crippen molar-refractivity contribution >= 4 is 19.0 Å². The third-order valence-corrected chi connectivity index (χ3v) is 8.53. The Morgan fingerprint density at radius 1 is 0.400 bits per heavy atom. The molecule has 0 saturated carbocycles. The Balaban J connectivity index is 2.80. The van der Waals surface area contributed by atoms with Gasteiger partial charge in [0.15, 0.2) is 0 Å². The first-order chi connectivity index (χ1) is 17.5. The average Bonchev–Trinajstić information content (AvgIpc) is 2.68. The molecule has 2 aromatic rings. The van der Waals surface area contributed by atoms with Gasteiger partial charge in [0.25, 0.3) is 0 Å². The molecular weight excluding hydrogens is 531 g/mol. The second-order valence-corrected chi connectivity index (χ2v) is 19.3. The van der Waals surface area contributed by atoms with E-state index in [1.54, 1.807) is 0 Å². The van der Waals surface area contributed by atoms with Crippen molar-refractivity contribution in [3.63, 3.8) is 0 Å². The molecule has 0 radical (unpaired) electrons. The van der Waals surface area contributed by atoms with Gasteiger partial charge in [0.05, 0.1) is 0 Å². The van der Waals surface area contributed by atoms with Gasteiger partial charge in [-0.2, -0.15) is 0 Å². The molecular formula is C36H58ClO2P. The van der Waals surface area contributed by atoms with Gasteiger partial charge in [-0.15, -0.1) is 0 Å².